The van der Waals surface area contributed by atoms with Gasteiger partial charge in [0.25, 0.3) is 0 Å². The molecule has 0 bridgehead atoms. The molecule has 2 aromatic carbocycles. The number of likely N-dealkylation sites (N-methyl/N-ethyl adjacent to an activating group) is 1. The maximum Gasteiger partial charge on any atom is 0.246 e. The van der Waals surface area contributed by atoms with Crippen molar-refractivity contribution < 1.29 is 19.1 Å². The standard InChI is InChI=1S/C21H21ClN2O4/c1-14-3-6-16(7-4-14)23-19(25)13-24(2)20(26)8-5-15-11-17(22)21-18(12-15)27-9-10-28-21/h3-8,11-12H,9-10,13H2,1-2H3,(H,23,25)/b8-5+. The number of hydrogen-bond acceptors (Lipinski definition) is 4. The average molecular weight is 401 g/mol. The fraction of sp³-hybridized carbons (Fsp3) is 0.238. The van der Waals surface area contributed by atoms with Gasteiger partial charge in [0.1, 0.15) is 13.2 Å². The van der Waals surface area contributed by atoms with Crippen molar-refractivity contribution in [1.82, 2.24) is 4.90 Å². The summed E-state index contributed by atoms with van der Waals surface area (Å²) in [6.07, 6.45) is 3.02. The highest BCUT2D eigenvalue weighted by Crippen LogP contribution is 2.38. The van der Waals surface area contributed by atoms with Crippen LogP contribution >= 0.6 is 11.6 Å². The lowest BCUT2D eigenvalue weighted by Crippen LogP contribution is -2.33. The Morgan fingerprint density at radius 1 is 1.18 bits per heavy atom. The fourth-order valence-electron chi connectivity index (χ4n) is 2.65. The largest absolute Gasteiger partial charge is 0.486 e. The number of anilines is 1. The molecule has 3 rings (SSSR count). The first-order valence-corrected chi connectivity index (χ1v) is 9.19. The predicted molar refractivity (Wildman–Crippen MR) is 109 cm³/mol. The van der Waals surface area contributed by atoms with Crippen LogP contribution in [0.5, 0.6) is 11.5 Å². The molecule has 0 spiro atoms. The predicted octanol–water partition coefficient (Wildman–Crippen LogP) is 3.53. The van der Waals surface area contributed by atoms with Crippen LogP contribution in [0, 0.1) is 6.92 Å². The molecule has 2 amide bonds. The number of ether oxygens (including phenoxy) is 2. The van der Waals surface area contributed by atoms with Gasteiger partial charge < -0.3 is 19.7 Å². The quantitative estimate of drug-likeness (QED) is 0.779. The van der Waals surface area contributed by atoms with Crippen LogP contribution in [0.1, 0.15) is 11.1 Å². The number of carbonyl (C=O) groups excluding carboxylic acids is 2. The zero-order chi connectivity index (χ0) is 20.1. The maximum absolute atomic E-state index is 12.3. The van der Waals surface area contributed by atoms with Gasteiger partial charge in [-0.3, -0.25) is 9.59 Å². The van der Waals surface area contributed by atoms with Gasteiger partial charge in [0.15, 0.2) is 11.5 Å². The zero-order valence-corrected chi connectivity index (χ0v) is 16.5. The number of benzene rings is 2. The summed E-state index contributed by atoms with van der Waals surface area (Å²) in [6.45, 7) is 2.82. The molecule has 28 heavy (non-hydrogen) atoms. The summed E-state index contributed by atoms with van der Waals surface area (Å²) in [6, 6.07) is 10.9. The Labute approximate surface area is 168 Å². The third-order valence-corrected chi connectivity index (χ3v) is 4.41. The number of rotatable bonds is 5. The second-order valence-corrected chi connectivity index (χ2v) is 6.88. The van der Waals surface area contributed by atoms with E-state index >= 15 is 0 Å². The van der Waals surface area contributed by atoms with Crippen LogP contribution < -0.4 is 14.8 Å². The molecular formula is C21H21ClN2O4. The molecule has 1 heterocycles. The molecule has 0 aromatic heterocycles. The van der Waals surface area contributed by atoms with Gasteiger partial charge in [0.2, 0.25) is 11.8 Å². The molecule has 1 N–H and O–H groups in total. The number of hydrogen-bond donors (Lipinski definition) is 1. The van der Waals surface area contributed by atoms with E-state index in [9.17, 15) is 9.59 Å². The summed E-state index contributed by atoms with van der Waals surface area (Å²) in [5, 5.41) is 3.19. The Bertz CT molecular complexity index is 909. The van der Waals surface area contributed by atoms with E-state index in [2.05, 4.69) is 5.32 Å². The van der Waals surface area contributed by atoms with Crippen LogP contribution in [-0.4, -0.2) is 43.5 Å². The van der Waals surface area contributed by atoms with Gasteiger partial charge in [-0.05, 0) is 42.8 Å². The number of amides is 2. The third-order valence-electron chi connectivity index (χ3n) is 4.13. The van der Waals surface area contributed by atoms with E-state index in [0.717, 1.165) is 5.56 Å². The highest BCUT2D eigenvalue weighted by molar-refractivity contribution is 6.32. The van der Waals surface area contributed by atoms with E-state index in [0.29, 0.717) is 41.0 Å². The molecule has 0 unspecified atom stereocenters. The Kier molecular flexibility index (Phi) is 6.21. The first kappa shape index (κ1) is 19.8. The van der Waals surface area contributed by atoms with Gasteiger partial charge in [-0.25, -0.2) is 0 Å². The number of carbonyl (C=O) groups is 2. The van der Waals surface area contributed by atoms with Crippen molar-refractivity contribution in [3.05, 3.63) is 58.6 Å². The third kappa shape index (κ3) is 5.04. The van der Waals surface area contributed by atoms with Crippen LogP contribution in [-0.2, 0) is 9.59 Å². The lowest BCUT2D eigenvalue weighted by atomic mass is 10.1. The number of halogens is 1. The highest BCUT2D eigenvalue weighted by atomic mass is 35.5. The minimum atomic E-state index is -0.301. The van der Waals surface area contributed by atoms with Crippen molar-refractivity contribution >= 4 is 35.2 Å². The number of nitrogens with one attached hydrogen (secondary N) is 1. The number of fused-ring (bicyclic) bond motifs is 1. The van der Waals surface area contributed by atoms with E-state index in [4.69, 9.17) is 21.1 Å². The first-order chi connectivity index (χ1) is 13.4. The van der Waals surface area contributed by atoms with E-state index in [1.54, 1.807) is 25.3 Å². The van der Waals surface area contributed by atoms with Crippen molar-refractivity contribution in [3.63, 3.8) is 0 Å². The van der Waals surface area contributed by atoms with Gasteiger partial charge in [0, 0.05) is 18.8 Å². The Balaban J connectivity index is 1.58. The fourth-order valence-corrected chi connectivity index (χ4v) is 2.93. The summed E-state index contributed by atoms with van der Waals surface area (Å²) < 4.78 is 11.0. The molecule has 0 aliphatic carbocycles. The van der Waals surface area contributed by atoms with E-state index in [-0.39, 0.29) is 18.4 Å². The Hall–Kier alpha value is -2.99. The Morgan fingerprint density at radius 3 is 2.64 bits per heavy atom. The second-order valence-electron chi connectivity index (χ2n) is 6.47. The molecule has 0 fully saturated rings. The molecule has 0 saturated heterocycles. The zero-order valence-electron chi connectivity index (χ0n) is 15.7. The monoisotopic (exact) mass is 400 g/mol. The molecule has 6 nitrogen and oxygen atoms in total. The molecule has 2 aromatic rings. The lowest BCUT2D eigenvalue weighted by molar-refractivity contribution is -0.129. The van der Waals surface area contributed by atoms with E-state index in [1.165, 1.54) is 11.0 Å². The molecule has 7 heteroatoms. The van der Waals surface area contributed by atoms with Gasteiger partial charge in [-0.2, -0.15) is 0 Å². The summed E-state index contributed by atoms with van der Waals surface area (Å²) in [4.78, 5) is 25.7. The van der Waals surface area contributed by atoms with Crippen molar-refractivity contribution in [1.29, 1.82) is 0 Å². The van der Waals surface area contributed by atoms with Crippen molar-refractivity contribution in [2.24, 2.45) is 0 Å². The van der Waals surface area contributed by atoms with E-state index in [1.807, 2.05) is 31.2 Å². The van der Waals surface area contributed by atoms with Gasteiger partial charge in [0.05, 0.1) is 11.6 Å². The van der Waals surface area contributed by atoms with Crippen LogP contribution in [0.15, 0.2) is 42.5 Å². The summed E-state index contributed by atoms with van der Waals surface area (Å²) in [7, 11) is 1.57. The van der Waals surface area contributed by atoms with Gasteiger partial charge in [-0.15, -0.1) is 0 Å². The SMILES string of the molecule is Cc1ccc(NC(=O)CN(C)C(=O)/C=C/c2cc(Cl)c3c(c2)OCCO3)cc1. The number of aryl methyl sites for hydroxylation is 1. The van der Waals surface area contributed by atoms with Crippen molar-refractivity contribution in [3.8, 4) is 11.5 Å². The lowest BCUT2D eigenvalue weighted by Gasteiger charge is -2.19. The minimum absolute atomic E-state index is 0.0566. The maximum atomic E-state index is 12.3. The molecule has 1 aliphatic rings. The summed E-state index contributed by atoms with van der Waals surface area (Å²) >= 11 is 6.19. The second kappa shape index (κ2) is 8.80. The molecule has 146 valence electrons. The molecule has 1 aliphatic heterocycles. The molecule has 0 atom stereocenters. The van der Waals surface area contributed by atoms with Crippen molar-refractivity contribution in [2.75, 3.05) is 32.1 Å². The van der Waals surface area contributed by atoms with Gasteiger partial charge >= 0.3 is 0 Å². The summed E-state index contributed by atoms with van der Waals surface area (Å²) in [5.41, 5.74) is 2.51. The highest BCUT2D eigenvalue weighted by Gasteiger charge is 2.16. The Morgan fingerprint density at radius 2 is 1.89 bits per heavy atom. The average Bonchev–Trinajstić information content (AvgIpc) is 2.68. The molecule has 0 saturated carbocycles. The van der Waals surface area contributed by atoms with E-state index < -0.39 is 0 Å². The topological polar surface area (TPSA) is 67.9 Å². The van der Waals surface area contributed by atoms with Crippen LogP contribution in [0.3, 0.4) is 0 Å². The van der Waals surface area contributed by atoms with Crippen LogP contribution in [0.4, 0.5) is 5.69 Å². The molecule has 0 radical (unpaired) electrons. The van der Waals surface area contributed by atoms with Crippen LogP contribution in [0.25, 0.3) is 6.08 Å². The number of nitrogens with zero attached hydrogens (tertiary/aromatic N) is 1. The summed E-state index contributed by atoms with van der Waals surface area (Å²) in [5.74, 6) is 0.499. The first-order valence-electron chi connectivity index (χ1n) is 8.81. The van der Waals surface area contributed by atoms with Crippen LogP contribution in [0.2, 0.25) is 5.02 Å². The minimum Gasteiger partial charge on any atom is -0.486 e. The normalized spacial score (nSPS) is 12.7. The van der Waals surface area contributed by atoms with Crippen molar-refractivity contribution in [2.45, 2.75) is 6.92 Å². The smallest absolute Gasteiger partial charge is 0.246 e. The van der Waals surface area contributed by atoms with Gasteiger partial charge in [-0.1, -0.05) is 29.3 Å². The molecular weight excluding hydrogens is 380 g/mol.